The molecule has 0 radical (unpaired) electrons. The highest BCUT2D eigenvalue weighted by molar-refractivity contribution is 7.94. The van der Waals surface area contributed by atoms with Gasteiger partial charge in [0, 0.05) is 4.90 Å². The molecule has 0 saturated heterocycles. The van der Waals surface area contributed by atoms with Gasteiger partial charge < -0.3 is 0 Å². The summed E-state index contributed by atoms with van der Waals surface area (Å²) in [6.07, 6.45) is 1.45. The van der Waals surface area contributed by atoms with Crippen LogP contribution in [0.3, 0.4) is 0 Å². The van der Waals surface area contributed by atoms with Crippen molar-refractivity contribution < 1.29 is 9.00 Å². The summed E-state index contributed by atoms with van der Waals surface area (Å²) in [4.78, 5) is 12.7. The van der Waals surface area contributed by atoms with Crippen molar-refractivity contribution in [1.29, 1.82) is 0 Å². The normalized spacial score (nSPS) is 13.0. The molecule has 0 heterocycles. The van der Waals surface area contributed by atoms with Crippen LogP contribution in [0.25, 0.3) is 4.91 Å². The van der Waals surface area contributed by atoms with Crippen LogP contribution in [0.1, 0.15) is 18.1 Å². The number of rotatable bonds is 4. The lowest BCUT2D eigenvalue weighted by atomic mass is 10.2. The zero-order chi connectivity index (χ0) is 14.5. The number of hydrogen-bond donors (Lipinski definition) is 0. The highest BCUT2D eigenvalue weighted by Gasteiger charge is 2.13. The summed E-state index contributed by atoms with van der Waals surface area (Å²) in [5.74, 6) is -0.107. The van der Waals surface area contributed by atoms with Gasteiger partial charge >= 0.3 is 0 Å². The third-order valence-electron chi connectivity index (χ3n) is 2.83. The second-order valence-corrected chi connectivity index (χ2v) is 6.02. The molecule has 1 atom stereocenters. The van der Waals surface area contributed by atoms with Crippen LogP contribution in [-0.2, 0) is 15.6 Å². The molecule has 102 valence electrons. The number of hydrogen-bond acceptors (Lipinski definition) is 2. The summed E-state index contributed by atoms with van der Waals surface area (Å²) in [5.41, 5.74) is 1.92. The first-order valence-electron chi connectivity index (χ1n) is 6.34. The summed E-state index contributed by atoms with van der Waals surface area (Å²) in [6.45, 7) is 3.45. The van der Waals surface area contributed by atoms with Crippen LogP contribution in [0.15, 0.2) is 65.6 Å². The maximum absolute atomic E-state index is 12.7. The van der Waals surface area contributed by atoms with Crippen molar-refractivity contribution in [2.45, 2.75) is 18.7 Å². The van der Waals surface area contributed by atoms with Crippen LogP contribution >= 0.6 is 0 Å². The minimum Gasteiger partial charge on any atom is -0.295 e. The SMILES string of the molecule is CC(=O)/C=C(/c1ccccc1)[S@@](=O)c1ccc(C)cc1. The van der Waals surface area contributed by atoms with Crippen molar-refractivity contribution in [2.75, 3.05) is 0 Å². The third-order valence-corrected chi connectivity index (χ3v) is 4.28. The molecular weight excluding hydrogens is 268 g/mol. The zero-order valence-corrected chi connectivity index (χ0v) is 12.3. The molecule has 0 N–H and O–H groups in total. The predicted molar refractivity (Wildman–Crippen MR) is 82.7 cm³/mol. The first kappa shape index (κ1) is 14.4. The van der Waals surface area contributed by atoms with Gasteiger partial charge in [-0.3, -0.25) is 4.79 Å². The van der Waals surface area contributed by atoms with E-state index in [9.17, 15) is 9.00 Å². The molecule has 0 amide bonds. The number of carbonyl (C=O) groups excluding carboxylic acids is 1. The summed E-state index contributed by atoms with van der Waals surface area (Å²) in [7, 11) is -1.36. The molecule has 0 aromatic heterocycles. The predicted octanol–water partition coefficient (Wildman–Crippen LogP) is 3.73. The molecular formula is C17H16O2S. The Kier molecular flexibility index (Phi) is 4.64. The quantitative estimate of drug-likeness (QED) is 0.802. The Labute approximate surface area is 121 Å². The largest absolute Gasteiger partial charge is 0.295 e. The van der Waals surface area contributed by atoms with Crippen molar-refractivity contribution in [1.82, 2.24) is 0 Å². The topological polar surface area (TPSA) is 34.1 Å². The molecule has 0 spiro atoms. The van der Waals surface area contributed by atoms with Gasteiger partial charge in [-0.15, -0.1) is 0 Å². The van der Waals surface area contributed by atoms with Gasteiger partial charge in [-0.2, -0.15) is 0 Å². The summed E-state index contributed by atoms with van der Waals surface area (Å²) in [6, 6.07) is 16.9. The Morgan fingerprint density at radius 1 is 1.00 bits per heavy atom. The summed E-state index contributed by atoms with van der Waals surface area (Å²) >= 11 is 0. The first-order chi connectivity index (χ1) is 9.58. The monoisotopic (exact) mass is 284 g/mol. The molecule has 2 rings (SSSR count). The number of carbonyl (C=O) groups is 1. The molecule has 0 unspecified atom stereocenters. The Hall–Kier alpha value is -2.00. The van der Waals surface area contributed by atoms with E-state index >= 15 is 0 Å². The van der Waals surface area contributed by atoms with E-state index in [1.165, 1.54) is 13.0 Å². The highest BCUT2D eigenvalue weighted by Crippen LogP contribution is 2.24. The van der Waals surface area contributed by atoms with Crippen LogP contribution in [-0.4, -0.2) is 9.99 Å². The summed E-state index contributed by atoms with van der Waals surface area (Å²) in [5, 5.41) is 0. The molecule has 0 aliphatic heterocycles. The van der Waals surface area contributed by atoms with Gasteiger partial charge in [0.25, 0.3) is 0 Å². The van der Waals surface area contributed by atoms with E-state index in [0.717, 1.165) is 11.1 Å². The van der Waals surface area contributed by atoms with Gasteiger partial charge in [-0.25, -0.2) is 4.21 Å². The molecule has 0 saturated carbocycles. The Morgan fingerprint density at radius 2 is 1.60 bits per heavy atom. The Balaban J connectivity index is 2.45. The van der Waals surface area contributed by atoms with Crippen molar-refractivity contribution in [2.24, 2.45) is 0 Å². The van der Waals surface area contributed by atoms with Crippen LogP contribution in [0.5, 0.6) is 0 Å². The highest BCUT2D eigenvalue weighted by atomic mass is 32.2. The third kappa shape index (κ3) is 3.52. The lowest BCUT2D eigenvalue weighted by molar-refractivity contribution is -0.112. The second kappa shape index (κ2) is 6.44. The fourth-order valence-electron chi connectivity index (χ4n) is 1.82. The smallest absolute Gasteiger partial charge is 0.153 e. The van der Waals surface area contributed by atoms with Crippen LogP contribution in [0.4, 0.5) is 0 Å². The van der Waals surface area contributed by atoms with E-state index < -0.39 is 10.8 Å². The maximum Gasteiger partial charge on any atom is 0.153 e. The zero-order valence-electron chi connectivity index (χ0n) is 11.5. The first-order valence-corrected chi connectivity index (χ1v) is 7.49. The van der Waals surface area contributed by atoms with Gasteiger partial charge in [0.2, 0.25) is 0 Å². The number of allylic oxidation sites excluding steroid dienone is 1. The van der Waals surface area contributed by atoms with Crippen molar-refractivity contribution in [3.63, 3.8) is 0 Å². The van der Waals surface area contributed by atoms with Gasteiger partial charge in [-0.1, -0.05) is 48.0 Å². The minimum atomic E-state index is -1.36. The summed E-state index contributed by atoms with van der Waals surface area (Å²) < 4.78 is 12.7. The van der Waals surface area contributed by atoms with E-state index in [4.69, 9.17) is 0 Å². The van der Waals surface area contributed by atoms with E-state index in [0.29, 0.717) is 9.80 Å². The molecule has 2 aromatic rings. The maximum atomic E-state index is 12.7. The molecule has 0 aliphatic rings. The standard InChI is InChI=1S/C17H16O2S/c1-13-8-10-16(11-9-13)20(19)17(12-14(2)18)15-6-4-3-5-7-15/h3-12H,1-2H3/b17-12-/t20-/m0/s1. The van der Waals surface area contributed by atoms with E-state index in [1.807, 2.05) is 61.5 Å². The number of ketones is 1. The molecule has 0 bridgehead atoms. The van der Waals surface area contributed by atoms with E-state index in [2.05, 4.69) is 0 Å². The van der Waals surface area contributed by atoms with Gasteiger partial charge in [-0.05, 0) is 37.6 Å². The number of aryl methyl sites for hydroxylation is 1. The van der Waals surface area contributed by atoms with E-state index in [1.54, 1.807) is 0 Å². The minimum absolute atomic E-state index is 0.107. The molecule has 3 heteroatoms. The fourth-order valence-corrected chi connectivity index (χ4v) is 3.08. The molecule has 2 nitrogen and oxygen atoms in total. The molecule has 0 aliphatic carbocycles. The average molecular weight is 284 g/mol. The number of benzene rings is 2. The van der Waals surface area contributed by atoms with Gasteiger partial charge in [0.1, 0.15) is 0 Å². The van der Waals surface area contributed by atoms with Crippen LogP contribution in [0, 0.1) is 6.92 Å². The lowest BCUT2D eigenvalue weighted by Crippen LogP contribution is -1.99. The van der Waals surface area contributed by atoms with Crippen molar-refractivity contribution in [3.8, 4) is 0 Å². The van der Waals surface area contributed by atoms with Gasteiger partial charge in [0.05, 0.1) is 15.7 Å². The fraction of sp³-hybridized carbons (Fsp3) is 0.118. The van der Waals surface area contributed by atoms with Crippen molar-refractivity contribution in [3.05, 3.63) is 71.8 Å². The lowest BCUT2D eigenvalue weighted by Gasteiger charge is -2.08. The molecule has 20 heavy (non-hydrogen) atoms. The average Bonchev–Trinajstić information content (AvgIpc) is 2.45. The Bertz CT molecular complexity index is 655. The van der Waals surface area contributed by atoms with Gasteiger partial charge in [0.15, 0.2) is 5.78 Å². The van der Waals surface area contributed by atoms with Crippen molar-refractivity contribution >= 4 is 21.5 Å². The second-order valence-electron chi connectivity index (χ2n) is 4.57. The van der Waals surface area contributed by atoms with Crippen LogP contribution in [0.2, 0.25) is 0 Å². The van der Waals surface area contributed by atoms with E-state index in [-0.39, 0.29) is 5.78 Å². The molecule has 0 fully saturated rings. The molecule has 2 aromatic carbocycles. The van der Waals surface area contributed by atoms with Crippen LogP contribution < -0.4 is 0 Å². The Morgan fingerprint density at radius 3 is 2.15 bits per heavy atom.